The molecule has 0 aliphatic carbocycles. The van der Waals surface area contributed by atoms with Crippen molar-refractivity contribution >= 4 is 12.0 Å². The van der Waals surface area contributed by atoms with E-state index < -0.39 is 31.1 Å². The number of nitrogens with one attached hydrogen (secondary N) is 2. The number of amides is 2. The van der Waals surface area contributed by atoms with Gasteiger partial charge in [-0.2, -0.15) is 13.2 Å². The second-order valence-corrected chi connectivity index (χ2v) is 4.26. The molecule has 0 aromatic heterocycles. The Kier molecular flexibility index (Phi) is 6.01. The lowest BCUT2D eigenvalue weighted by Gasteiger charge is -2.10. The van der Waals surface area contributed by atoms with Crippen LogP contribution in [0.5, 0.6) is 0 Å². The van der Waals surface area contributed by atoms with Crippen molar-refractivity contribution in [3.05, 3.63) is 35.4 Å². The maximum absolute atomic E-state index is 11.9. The summed E-state index contributed by atoms with van der Waals surface area (Å²) in [6.07, 6.45) is -5.13. The Hall–Kier alpha value is -2.25. The molecule has 0 heterocycles. The Bertz CT molecular complexity index is 504. The zero-order valence-electron chi connectivity index (χ0n) is 11.0. The van der Waals surface area contributed by atoms with Gasteiger partial charge in [0.15, 0.2) is 0 Å². The van der Waals surface area contributed by atoms with Gasteiger partial charge in [0.1, 0.15) is 0 Å². The monoisotopic (exact) mass is 304 g/mol. The summed E-state index contributed by atoms with van der Waals surface area (Å²) in [6, 6.07) is 5.61. The van der Waals surface area contributed by atoms with E-state index in [1.807, 2.05) is 0 Å². The highest BCUT2D eigenvalue weighted by Gasteiger charge is 2.26. The highest BCUT2D eigenvalue weighted by molar-refractivity contribution is 5.89. The van der Waals surface area contributed by atoms with Crippen LogP contribution in [0.25, 0.3) is 0 Å². The minimum absolute atomic E-state index is 0.127. The predicted molar refractivity (Wildman–Crippen MR) is 69.2 cm³/mol. The van der Waals surface area contributed by atoms with Crippen LogP contribution in [0.15, 0.2) is 24.3 Å². The van der Waals surface area contributed by atoms with Crippen LogP contribution in [-0.2, 0) is 6.42 Å². The summed E-state index contributed by atoms with van der Waals surface area (Å²) in [7, 11) is 0. The summed E-state index contributed by atoms with van der Waals surface area (Å²) < 4.78 is 35.6. The molecular weight excluding hydrogens is 289 g/mol. The molecule has 0 bridgehead atoms. The van der Waals surface area contributed by atoms with Crippen LogP contribution >= 0.6 is 0 Å². The summed E-state index contributed by atoms with van der Waals surface area (Å²) in [6.45, 7) is -0.372. The molecule has 0 saturated heterocycles. The van der Waals surface area contributed by atoms with Gasteiger partial charge in [0.2, 0.25) is 0 Å². The molecule has 1 rings (SSSR count). The molecule has 21 heavy (non-hydrogen) atoms. The van der Waals surface area contributed by atoms with E-state index in [-0.39, 0.29) is 18.5 Å². The first kappa shape index (κ1) is 16.8. The molecule has 0 spiro atoms. The number of halogens is 3. The number of urea groups is 1. The Morgan fingerprint density at radius 1 is 1.10 bits per heavy atom. The second kappa shape index (κ2) is 7.51. The minimum atomic E-state index is -4.31. The van der Waals surface area contributed by atoms with E-state index in [1.54, 1.807) is 18.2 Å². The Morgan fingerprint density at radius 2 is 1.71 bits per heavy atom. The number of aromatic carboxylic acids is 1. The number of carbonyl (C=O) groups excluding carboxylic acids is 1. The van der Waals surface area contributed by atoms with Crippen molar-refractivity contribution in [2.24, 2.45) is 0 Å². The van der Waals surface area contributed by atoms with Crippen LogP contribution < -0.4 is 10.6 Å². The molecule has 0 atom stereocenters. The van der Waals surface area contributed by atoms with E-state index in [4.69, 9.17) is 5.11 Å². The van der Waals surface area contributed by atoms with Crippen molar-refractivity contribution in [3.63, 3.8) is 0 Å². The Morgan fingerprint density at radius 3 is 2.33 bits per heavy atom. The average Bonchev–Trinajstić information content (AvgIpc) is 2.37. The maximum Gasteiger partial charge on any atom is 0.390 e. The third-order valence-corrected chi connectivity index (χ3v) is 2.62. The molecule has 0 saturated carbocycles. The highest BCUT2D eigenvalue weighted by atomic mass is 19.4. The van der Waals surface area contributed by atoms with Gasteiger partial charge < -0.3 is 15.7 Å². The van der Waals surface area contributed by atoms with Crippen LogP contribution in [0.2, 0.25) is 0 Å². The first-order valence-electron chi connectivity index (χ1n) is 6.19. The fourth-order valence-corrected chi connectivity index (χ4v) is 1.64. The van der Waals surface area contributed by atoms with E-state index in [9.17, 15) is 22.8 Å². The molecule has 1 aromatic rings. The number of carbonyl (C=O) groups is 2. The molecule has 0 unspecified atom stereocenters. The molecule has 0 aliphatic heterocycles. The van der Waals surface area contributed by atoms with Gasteiger partial charge in [0, 0.05) is 13.1 Å². The topological polar surface area (TPSA) is 78.4 Å². The molecule has 2 amide bonds. The number of alkyl halides is 3. The third kappa shape index (κ3) is 6.64. The highest BCUT2D eigenvalue weighted by Crippen LogP contribution is 2.18. The molecule has 5 nitrogen and oxygen atoms in total. The van der Waals surface area contributed by atoms with Gasteiger partial charge in [-0.05, 0) is 18.1 Å². The number of carboxylic acid groups (broad SMARTS) is 1. The van der Waals surface area contributed by atoms with Gasteiger partial charge in [-0.15, -0.1) is 0 Å². The van der Waals surface area contributed by atoms with Crippen molar-refractivity contribution in [1.29, 1.82) is 0 Å². The SMILES string of the molecule is O=C(NCCc1ccccc1C(=O)O)NCCC(F)(F)F. The van der Waals surface area contributed by atoms with E-state index >= 15 is 0 Å². The number of hydrogen-bond donors (Lipinski definition) is 3. The van der Waals surface area contributed by atoms with Gasteiger partial charge in [-0.25, -0.2) is 9.59 Å². The number of carboxylic acids is 1. The lowest BCUT2D eigenvalue weighted by molar-refractivity contribution is -0.132. The first-order valence-corrected chi connectivity index (χ1v) is 6.19. The van der Waals surface area contributed by atoms with Gasteiger partial charge in [0.05, 0.1) is 12.0 Å². The molecule has 8 heteroatoms. The van der Waals surface area contributed by atoms with E-state index in [1.165, 1.54) is 6.07 Å². The summed E-state index contributed by atoms with van der Waals surface area (Å²) in [4.78, 5) is 22.2. The fraction of sp³-hybridized carbons (Fsp3) is 0.385. The molecular formula is C13H15F3N2O3. The molecule has 116 valence electrons. The molecule has 0 fully saturated rings. The lowest BCUT2D eigenvalue weighted by atomic mass is 10.0. The summed E-state index contributed by atoms with van der Waals surface area (Å²) >= 11 is 0. The van der Waals surface area contributed by atoms with Crippen molar-refractivity contribution in [1.82, 2.24) is 10.6 Å². The van der Waals surface area contributed by atoms with Crippen LogP contribution in [0.1, 0.15) is 22.3 Å². The van der Waals surface area contributed by atoms with Crippen LogP contribution in [0.4, 0.5) is 18.0 Å². The number of rotatable bonds is 6. The van der Waals surface area contributed by atoms with Crippen LogP contribution in [0.3, 0.4) is 0 Å². The summed E-state index contributed by atoms with van der Waals surface area (Å²) in [5, 5.41) is 13.4. The van der Waals surface area contributed by atoms with Gasteiger partial charge in [0.25, 0.3) is 0 Å². The maximum atomic E-state index is 11.9. The van der Waals surface area contributed by atoms with Gasteiger partial charge in [-0.1, -0.05) is 18.2 Å². The second-order valence-electron chi connectivity index (χ2n) is 4.26. The van der Waals surface area contributed by atoms with Crippen molar-refractivity contribution in [2.45, 2.75) is 19.0 Å². The van der Waals surface area contributed by atoms with E-state index in [0.717, 1.165) is 0 Å². The van der Waals surface area contributed by atoms with Gasteiger partial charge in [-0.3, -0.25) is 0 Å². The minimum Gasteiger partial charge on any atom is -0.478 e. The molecule has 3 N–H and O–H groups in total. The van der Waals surface area contributed by atoms with Gasteiger partial charge >= 0.3 is 18.2 Å². The predicted octanol–water partition coefficient (Wildman–Crippen LogP) is 2.18. The average molecular weight is 304 g/mol. The lowest BCUT2D eigenvalue weighted by Crippen LogP contribution is -2.38. The summed E-state index contributed by atoms with van der Waals surface area (Å²) in [5.74, 6) is -1.07. The standard InChI is InChI=1S/C13H15F3N2O3/c14-13(15,16)6-8-18-12(21)17-7-5-9-3-1-2-4-10(9)11(19)20/h1-4H,5-8H2,(H,19,20)(H2,17,18,21). The largest absolute Gasteiger partial charge is 0.478 e. The first-order chi connectivity index (χ1) is 9.79. The summed E-state index contributed by atoms with van der Waals surface area (Å²) in [5.41, 5.74) is 0.678. The zero-order chi connectivity index (χ0) is 15.9. The Balaban J connectivity index is 2.34. The zero-order valence-corrected chi connectivity index (χ0v) is 11.0. The molecule has 0 radical (unpaired) electrons. The normalized spacial score (nSPS) is 11.0. The Labute approximate surface area is 119 Å². The number of benzene rings is 1. The third-order valence-electron chi connectivity index (χ3n) is 2.62. The van der Waals surface area contributed by atoms with Crippen molar-refractivity contribution in [2.75, 3.05) is 13.1 Å². The van der Waals surface area contributed by atoms with Crippen LogP contribution in [-0.4, -0.2) is 36.4 Å². The smallest absolute Gasteiger partial charge is 0.390 e. The number of hydrogen-bond acceptors (Lipinski definition) is 2. The fourth-order valence-electron chi connectivity index (χ4n) is 1.64. The van der Waals surface area contributed by atoms with E-state index in [2.05, 4.69) is 10.6 Å². The van der Waals surface area contributed by atoms with Crippen molar-refractivity contribution < 1.29 is 27.9 Å². The van der Waals surface area contributed by atoms with E-state index in [0.29, 0.717) is 5.56 Å². The quantitative estimate of drug-likeness (QED) is 0.753. The molecule has 0 aliphatic rings. The van der Waals surface area contributed by atoms with Crippen molar-refractivity contribution in [3.8, 4) is 0 Å². The molecule has 1 aromatic carbocycles. The van der Waals surface area contributed by atoms with Crippen LogP contribution in [0, 0.1) is 0 Å².